The lowest BCUT2D eigenvalue weighted by Crippen LogP contribution is -2.42. The van der Waals surface area contributed by atoms with Crippen LogP contribution in [0.25, 0.3) is 0 Å². The van der Waals surface area contributed by atoms with Crippen LogP contribution in [-0.2, 0) is 9.59 Å². The number of anilines is 1. The highest BCUT2D eigenvalue weighted by atomic mass is 79.9. The van der Waals surface area contributed by atoms with Crippen molar-refractivity contribution in [3.63, 3.8) is 0 Å². The zero-order chi connectivity index (χ0) is 16.0. The average Bonchev–Trinajstić information content (AvgIpc) is 2.38. The molecule has 0 heterocycles. The van der Waals surface area contributed by atoms with Crippen molar-refractivity contribution in [2.24, 2.45) is 5.92 Å². The number of carboxylic acids is 1. The van der Waals surface area contributed by atoms with Gasteiger partial charge in [0.15, 0.2) is 0 Å². The topological polar surface area (TPSA) is 78.4 Å². The summed E-state index contributed by atoms with van der Waals surface area (Å²) in [6.07, 6.45) is 0.486. The molecule has 0 bridgehead atoms. The summed E-state index contributed by atoms with van der Waals surface area (Å²) < 4.78 is 0.974. The smallest absolute Gasteiger partial charge is 0.320 e. The fourth-order valence-corrected chi connectivity index (χ4v) is 2.13. The summed E-state index contributed by atoms with van der Waals surface area (Å²) in [5.41, 5.74) is 1.71. The van der Waals surface area contributed by atoms with E-state index in [4.69, 9.17) is 5.11 Å². The molecule has 1 aromatic rings. The van der Waals surface area contributed by atoms with Crippen LogP contribution in [0.4, 0.5) is 5.69 Å². The zero-order valence-electron chi connectivity index (χ0n) is 12.4. The van der Waals surface area contributed by atoms with Gasteiger partial charge in [-0.05, 0) is 43.0 Å². The highest BCUT2D eigenvalue weighted by molar-refractivity contribution is 9.10. The molecule has 0 fully saturated rings. The van der Waals surface area contributed by atoms with Crippen LogP contribution in [0.2, 0.25) is 0 Å². The van der Waals surface area contributed by atoms with Gasteiger partial charge in [-0.25, -0.2) is 0 Å². The van der Waals surface area contributed by atoms with Crippen LogP contribution in [0.3, 0.4) is 0 Å². The van der Waals surface area contributed by atoms with Crippen molar-refractivity contribution in [2.45, 2.75) is 33.2 Å². The number of hydrogen-bond donors (Lipinski definition) is 3. The van der Waals surface area contributed by atoms with Crippen molar-refractivity contribution in [2.75, 3.05) is 11.9 Å². The van der Waals surface area contributed by atoms with Crippen LogP contribution >= 0.6 is 15.9 Å². The first-order valence-electron chi connectivity index (χ1n) is 6.81. The molecule has 5 nitrogen and oxygen atoms in total. The minimum Gasteiger partial charge on any atom is -0.480 e. The molecule has 1 atom stereocenters. The SMILES string of the molecule is Cc1cc(NC(=O)CNC(CC(C)C)C(=O)O)ccc1Br. The molecule has 1 amide bonds. The summed E-state index contributed by atoms with van der Waals surface area (Å²) in [7, 11) is 0. The predicted molar refractivity (Wildman–Crippen MR) is 86.4 cm³/mol. The van der Waals surface area contributed by atoms with Gasteiger partial charge in [0.25, 0.3) is 0 Å². The first kappa shape index (κ1) is 17.7. The van der Waals surface area contributed by atoms with Crippen LogP contribution in [0.5, 0.6) is 0 Å². The first-order chi connectivity index (χ1) is 9.79. The molecule has 21 heavy (non-hydrogen) atoms. The highest BCUT2D eigenvalue weighted by Gasteiger charge is 2.19. The van der Waals surface area contributed by atoms with Gasteiger partial charge < -0.3 is 10.4 Å². The summed E-state index contributed by atoms with van der Waals surface area (Å²) in [6, 6.07) is 4.79. The standard InChI is InChI=1S/C15H21BrN2O3/c1-9(2)6-13(15(20)21)17-8-14(19)18-11-4-5-12(16)10(3)7-11/h4-5,7,9,13,17H,6,8H2,1-3H3,(H,18,19)(H,20,21). The first-order valence-corrected chi connectivity index (χ1v) is 7.61. The fourth-order valence-electron chi connectivity index (χ4n) is 1.89. The lowest BCUT2D eigenvalue weighted by molar-refractivity contribution is -0.139. The van der Waals surface area contributed by atoms with Gasteiger partial charge in [0.1, 0.15) is 6.04 Å². The minimum atomic E-state index is -0.934. The molecule has 3 N–H and O–H groups in total. The highest BCUT2D eigenvalue weighted by Crippen LogP contribution is 2.19. The lowest BCUT2D eigenvalue weighted by Gasteiger charge is -2.16. The quantitative estimate of drug-likeness (QED) is 0.701. The number of rotatable bonds is 7. The van der Waals surface area contributed by atoms with E-state index in [1.165, 1.54) is 0 Å². The van der Waals surface area contributed by atoms with Gasteiger partial charge in [-0.2, -0.15) is 0 Å². The van der Waals surface area contributed by atoms with E-state index in [-0.39, 0.29) is 18.4 Å². The molecule has 0 aliphatic heterocycles. The summed E-state index contributed by atoms with van der Waals surface area (Å²) in [4.78, 5) is 22.9. The Morgan fingerprint density at radius 3 is 2.52 bits per heavy atom. The number of aliphatic carboxylic acids is 1. The van der Waals surface area contributed by atoms with Crippen molar-refractivity contribution in [1.29, 1.82) is 0 Å². The number of hydrogen-bond acceptors (Lipinski definition) is 3. The second-order valence-corrected chi connectivity index (χ2v) is 6.27. The predicted octanol–water partition coefficient (Wildman–Crippen LogP) is 2.78. The molecule has 0 aliphatic rings. The Morgan fingerprint density at radius 2 is 2.00 bits per heavy atom. The Labute approximate surface area is 133 Å². The third kappa shape index (κ3) is 6.27. The Balaban J connectivity index is 2.52. The van der Waals surface area contributed by atoms with Crippen molar-refractivity contribution in [1.82, 2.24) is 5.32 Å². The number of benzene rings is 1. The number of carboxylic acid groups (broad SMARTS) is 1. The molecular weight excluding hydrogens is 336 g/mol. The van der Waals surface area contributed by atoms with Crippen LogP contribution in [0.15, 0.2) is 22.7 Å². The van der Waals surface area contributed by atoms with Crippen molar-refractivity contribution >= 4 is 33.5 Å². The number of nitrogens with one attached hydrogen (secondary N) is 2. The van der Waals surface area contributed by atoms with E-state index in [2.05, 4.69) is 26.6 Å². The molecule has 0 radical (unpaired) electrons. The molecule has 0 aromatic heterocycles. The molecule has 1 aromatic carbocycles. The van der Waals surface area contributed by atoms with E-state index < -0.39 is 12.0 Å². The van der Waals surface area contributed by atoms with E-state index in [0.29, 0.717) is 12.1 Å². The van der Waals surface area contributed by atoms with E-state index in [0.717, 1.165) is 10.0 Å². The molecule has 1 rings (SSSR count). The lowest BCUT2D eigenvalue weighted by atomic mass is 10.0. The second-order valence-electron chi connectivity index (χ2n) is 5.41. The van der Waals surface area contributed by atoms with Gasteiger partial charge in [-0.1, -0.05) is 29.8 Å². The maximum atomic E-state index is 11.8. The molecule has 1 unspecified atom stereocenters. The van der Waals surface area contributed by atoms with Crippen molar-refractivity contribution in [3.05, 3.63) is 28.2 Å². The molecule has 6 heteroatoms. The number of carbonyl (C=O) groups is 2. The van der Waals surface area contributed by atoms with Gasteiger partial charge in [0, 0.05) is 10.2 Å². The monoisotopic (exact) mass is 356 g/mol. The fraction of sp³-hybridized carbons (Fsp3) is 0.467. The Bertz CT molecular complexity index is 518. The third-order valence-electron chi connectivity index (χ3n) is 2.96. The van der Waals surface area contributed by atoms with Crippen molar-refractivity contribution < 1.29 is 14.7 Å². The third-order valence-corrected chi connectivity index (χ3v) is 3.85. The number of halogens is 1. The molecular formula is C15H21BrN2O3. The number of aryl methyl sites for hydroxylation is 1. The maximum Gasteiger partial charge on any atom is 0.320 e. The molecule has 116 valence electrons. The van der Waals surface area contributed by atoms with Crippen LogP contribution in [0.1, 0.15) is 25.8 Å². The molecule has 0 saturated carbocycles. The van der Waals surface area contributed by atoms with Crippen LogP contribution in [-0.4, -0.2) is 29.6 Å². The molecule has 0 saturated heterocycles. The van der Waals surface area contributed by atoms with Crippen molar-refractivity contribution in [3.8, 4) is 0 Å². The zero-order valence-corrected chi connectivity index (χ0v) is 14.0. The van der Waals surface area contributed by atoms with Gasteiger partial charge >= 0.3 is 5.97 Å². The number of amides is 1. The van der Waals surface area contributed by atoms with Gasteiger partial charge in [0.05, 0.1) is 6.54 Å². The Hall–Kier alpha value is -1.40. The van der Waals surface area contributed by atoms with E-state index >= 15 is 0 Å². The summed E-state index contributed by atoms with van der Waals surface area (Å²) in [5.74, 6) is -0.946. The summed E-state index contributed by atoms with van der Waals surface area (Å²) in [6.45, 7) is 5.80. The van der Waals surface area contributed by atoms with Gasteiger partial charge in [-0.15, -0.1) is 0 Å². The van der Waals surface area contributed by atoms with E-state index in [9.17, 15) is 9.59 Å². The summed E-state index contributed by atoms with van der Waals surface area (Å²) >= 11 is 3.39. The maximum absolute atomic E-state index is 11.8. The summed E-state index contributed by atoms with van der Waals surface area (Å²) in [5, 5.41) is 14.6. The Kier molecular flexibility index (Phi) is 6.84. The van der Waals surface area contributed by atoms with Gasteiger partial charge in [-0.3, -0.25) is 14.9 Å². The largest absolute Gasteiger partial charge is 0.480 e. The minimum absolute atomic E-state index is 0.0290. The molecule has 0 spiro atoms. The van der Waals surface area contributed by atoms with Crippen LogP contribution in [0, 0.1) is 12.8 Å². The van der Waals surface area contributed by atoms with E-state index in [1.807, 2.05) is 32.9 Å². The second kappa shape index (κ2) is 8.14. The number of carbonyl (C=O) groups excluding carboxylic acids is 1. The van der Waals surface area contributed by atoms with E-state index in [1.54, 1.807) is 6.07 Å². The van der Waals surface area contributed by atoms with Gasteiger partial charge in [0.2, 0.25) is 5.91 Å². The van der Waals surface area contributed by atoms with Crippen LogP contribution < -0.4 is 10.6 Å². The Morgan fingerprint density at radius 1 is 1.33 bits per heavy atom. The average molecular weight is 357 g/mol. The normalized spacial score (nSPS) is 12.2. The molecule has 0 aliphatic carbocycles.